The molecule has 180 valence electrons. The van der Waals surface area contributed by atoms with Crippen LogP contribution >= 0.6 is 8.03 Å². The van der Waals surface area contributed by atoms with Gasteiger partial charge in [-0.15, -0.1) is 0 Å². The second-order valence-corrected chi connectivity index (χ2v) is 10.2. The highest BCUT2D eigenvalue weighted by Crippen LogP contribution is 2.50. The van der Waals surface area contributed by atoms with E-state index in [0.717, 1.165) is 16.7 Å². The summed E-state index contributed by atoms with van der Waals surface area (Å²) >= 11 is 0. The first-order valence-corrected chi connectivity index (χ1v) is 12.5. The summed E-state index contributed by atoms with van der Waals surface area (Å²) in [6, 6.07) is 19.6. The number of hydrogen-bond acceptors (Lipinski definition) is 4. The van der Waals surface area contributed by atoms with Crippen LogP contribution in [-0.4, -0.2) is 31.2 Å². The monoisotopic (exact) mass is 490 g/mol. The molecule has 0 fully saturated rings. The van der Waals surface area contributed by atoms with Crippen molar-refractivity contribution in [1.29, 1.82) is 0 Å². The van der Waals surface area contributed by atoms with Gasteiger partial charge in [0.05, 0.1) is 11.4 Å². The fourth-order valence-electron chi connectivity index (χ4n) is 4.18. The summed E-state index contributed by atoms with van der Waals surface area (Å²) in [4.78, 5) is 27.8. The lowest BCUT2D eigenvalue weighted by atomic mass is 9.77. The van der Waals surface area contributed by atoms with Crippen molar-refractivity contribution in [2.45, 2.75) is 44.9 Å². The molecular formula is C28H29NO5P+. The van der Waals surface area contributed by atoms with E-state index in [9.17, 15) is 24.5 Å². The Morgan fingerprint density at radius 1 is 1.03 bits per heavy atom. The predicted octanol–water partition coefficient (Wildman–Crippen LogP) is 5.01. The molecule has 0 aliphatic rings. The molecule has 0 spiro atoms. The van der Waals surface area contributed by atoms with Gasteiger partial charge in [0.25, 0.3) is 0 Å². The molecule has 3 N–H and O–H groups in total. The van der Waals surface area contributed by atoms with E-state index in [-0.39, 0.29) is 18.0 Å². The Bertz CT molecular complexity index is 1280. The number of benzene rings is 2. The fraction of sp³-hybridized carbons (Fsp3) is 0.286. The van der Waals surface area contributed by atoms with Gasteiger partial charge in [-0.05, 0) is 42.0 Å². The fourth-order valence-corrected chi connectivity index (χ4v) is 5.01. The lowest BCUT2D eigenvalue weighted by Gasteiger charge is -2.33. The number of hydrogen-bond donors (Lipinski definition) is 3. The van der Waals surface area contributed by atoms with Crippen LogP contribution in [0.1, 0.15) is 36.2 Å². The van der Waals surface area contributed by atoms with Gasteiger partial charge in [0.15, 0.2) is 5.60 Å². The van der Waals surface area contributed by atoms with Crippen molar-refractivity contribution in [3.8, 4) is 23.1 Å². The van der Waals surface area contributed by atoms with Gasteiger partial charge in [-0.3, -0.25) is 0 Å². The number of pyridine rings is 1. The molecule has 3 rings (SSSR count). The van der Waals surface area contributed by atoms with Gasteiger partial charge in [0.1, 0.15) is 0 Å². The number of carbonyl (C=O) groups is 1. The van der Waals surface area contributed by atoms with Crippen LogP contribution in [0, 0.1) is 31.6 Å². The largest absolute Gasteiger partial charge is 0.541 e. The maximum absolute atomic E-state index is 12.9. The van der Waals surface area contributed by atoms with Gasteiger partial charge >= 0.3 is 19.2 Å². The summed E-state index contributed by atoms with van der Waals surface area (Å²) in [5.74, 6) is 3.24. The van der Waals surface area contributed by atoms with Crippen molar-refractivity contribution >= 4 is 14.0 Å². The quantitative estimate of drug-likeness (QED) is 0.317. The van der Waals surface area contributed by atoms with E-state index >= 15 is 0 Å². The minimum Gasteiger partial charge on any atom is -0.477 e. The Labute approximate surface area is 206 Å². The van der Waals surface area contributed by atoms with Crippen LogP contribution in [0.2, 0.25) is 0 Å². The summed E-state index contributed by atoms with van der Waals surface area (Å²) in [7, 11) is -3.52. The van der Waals surface area contributed by atoms with E-state index in [0.29, 0.717) is 11.3 Å². The summed E-state index contributed by atoms with van der Waals surface area (Å²) < 4.78 is 12.9. The Balaban J connectivity index is 2.35. The number of aliphatic carboxylic acids is 1. The minimum atomic E-state index is -3.52. The summed E-state index contributed by atoms with van der Waals surface area (Å²) in [5.41, 5.74) is 1.21. The standard InChI is InChI=1S/C28H28NO5P/c1-19(2)13-14-28(26(30)31,35(33)34)27(32,18-22-16-20(3)15-21(4)17-22)25-12-8-11-24(29-25)23-9-6-5-7-10-23/h5-12,15-17,19,32H,18H2,1-4H3,(H-,30,31,33,34)/p+1. The second kappa shape index (κ2) is 10.5. The van der Waals surface area contributed by atoms with E-state index in [1.54, 1.807) is 26.0 Å². The van der Waals surface area contributed by atoms with Gasteiger partial charge in [-0.2, -0.15) is 4.89 Å². The zero-order chi connectivity index (χ0) is 25.8. The molecule has 1 heterocycles. The van der Waals surface area contributed by atoms with Crippen LogP contribution in [0.4, 0.5) is 0 Å². The Kier molecular flexibility index (Phi) is 7.87. The first-order chi connectivity index (χ1) is 16.5. The van der Waals surface area contributed by atoms with E-state index < -0.39 is 24.8 Å². The van der Waals surface area contributed by atoms with Crippen LogP contribution in [-0.2, 0) is 21.4 Å². The first kappa shape index (κ1) is 26.2. The van der Waals surface area contributed by atoms with Crippen molar-refractivity contribution in [3.05, 3.63) is 89.1 Å². The third-order valence-electron chi connectivity index (χ3n) is 5.72. The number of aliphatic hydroxyl groups is 1. The van der Waals surface area contributed by atoms with Crippen molar-refractivity contribution < 1.29 is 24.5 Å². The molecule has 0 radical (unpaired) electrons. The molecule has 3 unspecified atom stereocenters. The van der Waals surface area contributed by atoms with Crippen LogP contribution in [0.5, 0.6) is 0 Å². The topological polar surface area (TPSA) is 108 Å². The molecule has 35 heavy (non-hydrogen) atoms. The highest BCUT2D eigenvalue weighted by atomic mass is 31.1. The van der Waals surface area contributed by atoms with Crippen LogP contribution < -0.4 is 0 Å². The van der Waals surface area contributed by atoms with Crippen molar-refractivity contribution in [2.24, 2.45) is 5.92 Å². The minimum absolute atomic E-state index is 0.0455. The Morgan fingerprint density at radius 3 is 2.20 bits per heavy atom. The highest BCUT2D eigenvalue weighted by molar-refractivity contribution is 7.42. The van der Waals surface area contributed by atoms with Crippen molar-refractivity contribution in [2.75, 3.05) is 0 Å². The van der Waals surface area contributed by atoms with E-state index in [1.165, 1.54) is 6.07 Å². The number of aryl methyl sites for hydroxylation is 2. The Hall–Kier alpha value is -3.36. The molecule has 0 amide bonds. The molecule has 1 aromatic heterocycles. The van der Waals surface area contributed by atoms with Gasteiger partial charge in [-0.25, -0.2) is 9.78 Å². The van der Waals surface area contributed by atoms with Gasteiger partial charge < -0.3 is 10.2 Å². The maximum Gasteiger partial charge on any atom is 0.541 e. The molecular weight excluding hydrogens is 461 g/mol. The number of rotatable bonds is 7. The van der Waals surface area contributed by atoms with Crippen molar-refractivity contribution in [3.63, 3.8) is 0 Å². The SMILES string of the molecule is Cc1cc(C)cc(CC(O)(c2cccc(-c3ccccc3)n2)C(C#CC(C)C)(C(=O)O)[P+](=O)O)c1. The first-order valence-electron chi connectivity index (χ1n) is 11.2. The molecule has 0 aliphatic heterocycles. The predicted molar refractivity (Wildman–Crippen MR) is 136 cm³/mol. The molecule has 7 heteroatoms. The van der Waals surface area contributed by atoms with E-state index in [2.05, 4.69) is 16.8 Å². The molecule has 0 bridgehead atoms. The summed E-state index contributed by atoms with van der Waals surface area (Å²) in [6.07, 6.45) is -0.276. The zero-order valence-electron chi connectivity index (χ0n) is 20.2. The molecule has 3 aromatic rings. The lowest BCUT2D eigenvalue weighted by Crippen LogP contribution is -2.56. The third-order valence-corrected chi connectivity index (χ3v) is 6.97. The van der Waals surface area contributed by atoms with E-state index in [1.807, 2.05) is 62.4 Å². The number of carboxylic acid groups (broad SMARTS) is 1. The van der Waals surface area contributed by atoms with Crippen LogP contribution in [0.3, 0.4) is 0 Å². The molecule has 2 aromatic carbocycles. The average molecular weight is 491 g/mol. The maximum atomic E-state index is 12.9. The van der Waals surface area contributed by atoms with Gasteiger partial charge in [0, 0.05) is 17.9 Å². The second-order valence-electron chi connectivity index (χ2n) is 9.02. The van der Waals surface area contributed by atoms with Gasteiger partial charge in [-0.1, -0.05) is 85.5 Å². The van der Waals surface area contributed by atoms with Gasteiger partial charge in [0.2, 0.25) is 0 Å². The summed E-state index contributed by atoms with van der Waals surface area (Å²) in [6.45, 7) is 7.25. The molecule has 6 nitrogen and oxygen atoms in total. The smallest absolute Gasteiger partial charge is 0.477 e. The number of carboxylic acids is 1. The summed E-state index contributed by atoms with van der Waals surface area (Å²) in [5, 5.41) is 19.9. The lowest BCUT2D eigenvalue weighted by molar-refractivity contribution is -0.146. The third kappa shape index (κ3) is 5.33. The Morgan fingerprint density at radius 2 is 1.66 bits per heavy atom. The van der Waals surface area contributed by atoms with Crippen molar-refractivity contribution in [1.82, 2.24) is 4.98 Å². The van der Waals surface area contributed by atoms with E-state index in [4.69, 9.17) is 0 Å². The van der Waals surface area contributed by atoms with Crippen LogP contribution in [0.15, 0.2) is 66.7 Å². The van der Waals surface area contributed by atoms with Crippen LogP contribution in [0.25, 0.3) is 11.3 Å². The molecule has 3 atom stereocenters. The molecule has 0 aliphatic carbocycles. The highest BCUT2D eigenvalue weighted by Gasteiger charge is 2.72. The zero-order valence-corrected chi connectivity index (χ0v) is 21.1. The number of nitrogens with zero attached hydrogens (tertiary/aromatic N) is 1. The molecule has 0 saturated heterocycles. The normalized spacial score (nSPS) is 14.9. The molecule has 0 saturated carbocycles. The number of aromatic nitrogens is 1. The average Bonchev–Trinajstić information content (AvgIpc) is 2.78.